The molecular formula is C26H21BrFN5O. The molecule has 3 heterocycles. The van der Waals surface area contributed by atoms with Gasteiger partial charge < -0.3 is 15.0 Å². The number of rotatable bonds is 3. The maximum absolute atomic E-state index is 14.3. The fraction of sp³-hybridized carbons (Fsp3) is 0.154. The lowest BCUT2D eigenvalue weighted by Crippen LogP contribution is -2.32. The molecule has 0 fully saturated rings. The van der Waals surface area contributed by atoms with Crippen LogP contribution in [0.1, 0.15) is 28.8 Å². The summed E-state index contributed by atoms with van der Waals surface area (Å²) in [7, 11) is 4.02. The van der Waals surface area contributed by atoms with Gasteiger partial charge in [-0.05, 0) is 53.6 Å². The highest BCUT2D eigenvalue weighted by Crippen LogP contribution is 2.50. The van der Waals surface area contributed by atoms with E-state index in [-0.39, 0.29) is 11.9 Å². The Morgan fingerprint density at radius 2 is 1.74 bits per heavy atom. The van der Waals surface area contributed by atoms with Gasteiger partial charge in [0.1, 0.15) is 30.0 Å². The fourth-order valence-corrected chi connectivity index (χ4v) is 4.89. The molecule has 2 aliphatic heterocycles. The first-order valence-electron chi connectivity index (χ1n) is 10.9. The van der Waals surface area contributed by atoms with Crippen molar-refractivity contribution in [2.24, 2.45) is 0 Å². The maximum Gasteiger partial charge on any atom is 0.226 e. The number of hydrogen-bond donors (Lipinski definition) is 1. The SMILES string of the molecule is CN(C)c1ccc([C@@H]2Oc3ccc(F)cc3C3=C2[C@@H](c2ccc(Br)cc2)n2ncnc2N3)cc1. The number of anilines is 2. The number of halogens is 2. The van der Waals surface area contributed by atoms with Crippen LogP contribution in [0, 0.1) is 5.82 Å². The zero-order chi connectivity index (χ0) is 23.4. The molecule has 0 aliphatic carbocycles. The van der Waals surface area contributed by atoms with Crippen LogP contribution in [0.3, 0.4) is 0 Å². The number of benzene rings is 3. The predicted molar refractivity (Wildman–Crippen MR) is 133 cm³/mol. The third-order valence-electron chi connectivity index (χ3n) is 6.27. The Hall–Kier alpha value is -3.65. The zero-order valence-corrected chi connectivity index (χ0v) is 20.1. The van der Waals surface area contributed by atoms with E-state index in [9.17, 15) is 4.39 Å². The minimum atomic E-state index is -0.400. The molecule has 2 aliphatic rings. The highest BCUT2D eigenvalue weighted by Gasteiger charge is 2.41. The van der Waals surface area contributed by atoms with Crippen molar-refractivity contribution in [2.45, 2.75) is 12.1 Å². The van der Waals surface area contributed by atoms with Crippen LogP contribution in [0.25, 0.3) is 5.70 Å². The van der Waals surface area contributed by atoms with Gasteiger partial charge in [0.15, 0.2) is 0 Å². The lowest BCUT2D eigenvalue weighted by molar-refractivity contribution is 0.222. The topological polar surface area (TPSA) is 55.2 Å². The molecule has 6 nitrogen and oxygen atoms in total. The van der Waals surface area contributed by atoms with E-state index >= 15 is 0 Å². The number of fused-ring (bicyclic) bond motifs is 3. The van der Waals surface area contributed by atoms with Crippen molar-refractivity contribution in [1.29, 1.82) is 0 Å². The van der Waals surface area contributed by atoms with Gasteiger partial charge in [0.05, 0.1) is 5.70 Å². The first kappa shape index (κ1) is 20.9. The standard InChI is InChI=1S/C26H21BrFN5O/c1-32(2)19-10-5-16(6-11-19)25-22-23(20-13-18(28)9-12-21(20)34-25)31-26-29-14-30-33(26)24(22)15-3-7-17(27)8-4-15/h3-14,24-25H,1-2H3,(H,29,30,31)/t24-,25+/m1/s1. The second kappa shape index (κ2) is 7.99. The van der Waals surface area contributed by atoms with Gasteiger partial charge in [-0.2, -0.15) is 10.1 Å². The number of nitrogens with zero attached hydrogens (tertiary/aromatic N) is 4. The van der Waals surface area contributed by atoms with Gasteiger partial charge in [0.2, 0.25) is 5.95 Å². The number of aromatic nitrogens is 3. The van der Waals surface area contributed by atoms with Crippen LogP contribution in [0.15, 0.2) is 83.1 Å². The molecule has 6 rings (SSSR count). The van der Waals surface area contributed by atoms with Crippen LogP contribution in [0.2, 0.25) is 0 Å². The monoisotopic (exact) mass is 517 g/mol. The number of nitrogens with one attached hydrogen (secondary N) is 1. The smallest absolute Gasteiger partial charge is 0.226 e. The first-order valence-corrected chi connectivity index (χ1v) is 11.7. The minimum Gasteiger partial charge on any atom is -0.480 e. The van der Waals surface area contributed by atoms with E-state index in [0.29, 0.717) is 17.3 Å². The van der Waals surface area contributed by atoms with Crippen LogP contribution in [0.5, 0.6) is 5.75 Å². The molecule has 0 spiro atoms. The van der Waals surface area contributed by atoms with Crippen molar-refractivity contribution in [3.05, 3.63) is 106 Å². The Morgan fingerprint density at radius 3 is 2.47 bits per heavy atom. The highest BCUT2D eigenvalue weighted by atomic mass is 79.9. The van der Waals surface area contributed by atoms with Gasteiger partial charge in [-0.25, -0.2) is 9.07 Å². The van der Waals surface area contributed by atoms with Gasteiger partial charge >= 0.3 is 0 Å². The Morgan fingerprint density at radius 1 is 1.00 bits per heavy atom. The summed E-state index contributed by atoms with van der Waals surface area (Å²) in [5.41, 5.74) is 5.56. The van der Waals surface area contributed by atoms with E-state index in [1.54, 1.807) is 6.07 Å². The van der Waals surface area contributed by atoms with Gasteiger partial charge in [-0.3, -0.25) is 0 Å². The summed E-state index contributed by atoms with van der Waals surface area (Å²) in [5, 5.41) is 7.94. The Kier molecular flexibility index (Phi) is 4.91. The molecule has 34 heavy (non-hydrogen) atoms. The van der Waals surface area contributed by atoms with Gasteiger partial charge in [-0.1, -0.05) is 40.2 Å². The molecule has 0 saturated carbocycles. The van der Waals surface area contributed by atoms with E-state index in [0.717, 1.165) is 32.6 Å². The molecule has 1 N–H and O–H groups in total. The molecular weight excluding hydrogens is 497 g/mol. The lowest BCUT2D eigenvalue weighted by Gasteiger charge is -2.39. The van der Waals surface area contributed by atoms with Crippen molar-refractivity contribution in [1.82, 2.24) is 14.8 Å². The van der Waals surface area contributed by atoms with Crippen LogP contribution in [0.4, 0.5) is 16.0 Å². The summed E-state index contributed by atoms with van der Waals surface area (Å²) in [6.07, 6.45) is 1.13. The number of ether oxygens (including phenoxy) is 1. The van der Waals surface area contributed by atoms with E-state index in [1.165, 1.54) is 18.5 Å². The van der Waals surface area contributed by atoms with E-state index in [4.69, 9.17) is 4.74 Å². The maximum atomic E-state index is 14.3. The van der Waals surface area contributed by atoms with Crippen molar-refractivity contribution < 1.29 is 9.13 Å². The van der Waals surface area contributed by atoms with Crippen LogP contribution in [-0.2, 0) is 0 Å². The Balaban J connectivity index is 1.59. The van der Waals surface area contributed by atoms with Gasteiger partial charge in [0, 0.05) is 35.4 Å². The van der Waals surface area contributed by atoms with Crippen LogP contribution < -0.4 is 15.0 Å². The Labute approximate surface area is 204 Å². The molecule has 0 radical (unpaired) electrons. The zero-order valence-electron chi connectivity index (χ0n) is 18.5. The summed E-state index contributed by atoms with van der Waals surface area (Å²) in [6.45, 7) is 0. The normalized spacial score (nSPS) is 18.4. The second-order valence-electron chi connectivity index (χ2n) is 8.56. The van der Waals surface area contributed by atoms with Crippen molar-refractivity contribution >= 4 is 33.3 Å². The molecule has 0 amide bonds. The molecule has 3 aromatic carbocycles. The van der Waals surface area contributed by atoms with Crippen molar-refractivity contribution in [3.63, 3.8) is 0 Å². The third kappa shape index (κ3) is 3.37. The van der Waals surface area contributed by atoms with Gasteiger partial charge in [-0.15, -0.1) is 0 Å². The fourth-order valence-electron chi connectivity index (χ4n) is 4.63. The number of hydrogen-bond acceptors (Lipinski definition) is 5. The van der Waals surface area contributed by atoms with E-state index in [1.807, 2.05) is 30.9 Å². The van der Waals surface area contributed by atoms with Crippen molar-refractivity contribution in [2.75, 3.05) is 24.3 Å². The lowest BCUT2D eigenvalue weighted by atomic mass is 9.84. The summed E-state index contributed by atoms with van der Waals surface area (Å²) < 4.78 is 23.8. The van der Waals surface area contributed by atoms with E-state index in [2.05, 4.69) is 72.6 Å². The summed E-state index contributed by atoms with van der Waals surface area (Å²) in [4.78, 5) is 6.48. The Bertz CT molecular complexity index is 1410. The van der Waals surface area contributed by atoms with Crippen LogP contribution >= 0.6 is 15.9 Å². The molecule has 0 unspecified atom stereocenters. The molecule has 2 atom stereocenters. The average Bonchev–Trinajstić information content (AvgIpc) is 3.31. The molecule has 1 aromatic heterocycles. The van der Waals surface area contributed by atoms with Crippen LogP contribution in [-0.4, -0.2) is 28.9 Å². The molecule has 8 heteroatoms. The predicted octanol–water partition coefficient (Wildman–Crippen LogP) is 5.81. The summed E-state index contributed by atoms with van der Waals surface area (Å²) in [6, 6.07) is 20.8. The molecule has 170 valence electrons. The molecule has 0 bridgehead atoms. The summed E-state index contributed by atoms with van der Waals surface area (Å²) >= 11 is 3.53. The first-order chi connectivity index (χ1) is 16.5. The largest absolute Gasteiger partial charge is 0.480 e. The molecule has 0 saturated heterocycles. The second-order valence-corrected chi connectivity index (χ2v) is 9.48. The van der Waals surface area contributed by atoms with E-state index < -0.39 is 6.10 Å². The minimum absolute atomic E-state index is 0.281. The third-order valence-corrected chi connectivity index (χ3v) is 6.80. The summed E-state index contributed by atoms with van der Waals surface area (Å²) in [5.74, 6) is 0.902. The average molecular weight is 518 g/mol. The van der Waals surface area contributed by atoms with Gasteiger partial charge in [0.25, 0.3) is 0 Å². The molecule has 4 aromatic rings. The van der Waals surface area contributed by atoms with Crippen molar-refractivity contribution in [3.8, 4) is 5.75 Å². The quantitative estimate of drug-likeness (QED) is 0.371. The highest BCUT2D eigenvalue weighted by molar-refractivity contribution is 9.10.